The Kier molecular flexibility index (Phi) is 5.89. The van der Waals surface area contributed by atoms with Crippen molar-refractivity contribution in [1.29, 1.82) is 0 Å². The number of rotatable bonds is 7. The molecule has 158 valence electrons. The van der Waals surface area contributed by atoms with E-state index in [0.29, 0.717) is 5.75 Å². The molecule has 0 heterocycles. The van der Waals surface area contributed by atoms with Crippen LogP contribution >= 0.6 is 0 Å². The minimum absolute atomic E-state index is 0.0835. The summed E-state index contributed by atoms with van der Waals surface area (Å²) >= 11 is 0. The van der Waals surface area contributed by atoms with E-state index in [1.54, 1.807) is 25.3 Å². The van der Waals surface area contributed by atoms with Gasteiger partial charge in [-0.3, -0.25) is 9.69 Å². The first kappa shape index (κ1) is 20.5. The van der Waals surface area contributed by atoms with Crippen molar-refractivity contribution in [3.63, 3.8) is 0 Å². The quantitative estimate of drug-likeness (QED) is 0.611. The van der Waals surface area contributed by atoms with Gasteiger partial charge in [0.15, 0.2) is 0 Å². The fraction of sp³-hybridized carbons (Fsp3) is 0.200. The second kappa shape index (κ2) is 8.92. The molecule has 1 N–H and O–H groups in total. The smallest absolute Gasteiger partial charge is 0.410 e. The minimum Gasteiger partial charge on any atom is -0.497 e. The maximum Gasteiger partial charge on any atom is 0.410 e. The Bertz CT molecular complexity index is 1060. The third kappa shape index (κ3) is 4.38. The number of benzene rings is 3. The molecule has 0 aliphatic heterocycles. The van der Waals surface area contributed by atoms with Crippen LogP contribution < -0.4 is 4.74 Å². The zero-order valence-corrected chi connectivity index (χ0v) is 17.2. The van der Waals surface area contributed by atoms with Gasteiger partial charge in [-0.15, -0.1) is 0 Å². The zero-order valence-electron chi connectivity index (χ0n) is 17.2. The second-order valence-electron chi connectivity index (χ2n) is 7.41. The van der Waals surface area contributed by atoms with Crippen LogP contribution in [0.5, 0.6) is 5.75 Å². The lowest BCUT2D eigenvalue weighted by Gasteiger charge is -2.22. The van der Waals surface area contributed by atoms with E-state index in [0.717, 1.165) is 27.8 Å². The Labute approximate surface area is 180 Å². The molecule has 1 aliphatic carbocycles. The van der Waals surface area contributed by atoms with E-state index in [-0.39, 0.29) is 19.1 Å². The van der Waals surface area contributed by atoms with E-state index in [1.807, 2.05) is 42.5 Å². The summed E-state index contributed by atoms with van der Waals surface area (Å²) in [4.78, 5) is 25.4. The molecular formula is C25H23NO5. The first-order chi connectivity index (χ1) is 15.1. The molecule has 1 aliphatic rings. The Morgan fingerprint density at radius 2 is 1.58 bits per heavy atom. The van der Waals surface area contributed by atoms with Crippen LogP contribution in [0.25, 0.3) is 11.1 Å². The van der Waals surface area contributed by atoms with Gasteiger partial charge in [-0.25, -0.2) is 4.79 Å². The van der Waals surface area contributed by atoms with Crippen LogP contribution in [0, 0.1) is 0 Å². The van der Waals surface area contributed by atoms with Gasteiger partial charge in [-0.1, -0.05) is 60.7 Å². The van der Waals surface area contributed by atoms with Gasteiger partial charge in [0, 0.05) is 12.5 Å². The summed E-state index contributed by atoms with van der Waals surface area (Å²) < 4.78 is 10.8. The average molecular weight is 417 g/mol. The number of aliphatic carboxylic acids is 1. The fourth-order valence-corrected chi connectivity index (χ4v) is 4.02. The number of carbonyl (C=O) groups excluding carboxylic acids is 1. The number of nitrogens with zero attached hydrogens (tertiary/aromatic N) is 1. The third-order valence-electron chi connectivity index (χ3n) is 5.43. The monoisotopic (exact) mass is 417 g/mol. The van der Waals surface area contributed by atoms with Gasteiger partial charge in [0.25, 0.3) is 0 Å². The van der Waals surface area contributed by atoms with Gasteiger partial charge in [0.1, 0.15) is 18.9 Å². The summed E-state index contributed by atoms with van der Waals surface area (Å²) in [5.41, 5.74) is 5.24. The van der Waals surface area contributed by atoms with Gasteiger partial charge in [-0.2, -0.15) is 0 Å². The predicted octanol–water partition coefficient (Wildman–Crippen LogP) is 4.53. The molecular weight excluding hydrogens is 394 g/mol. The van der Waals surface area contributed by atoms with Crippen LogP contribution in [0.2, 0.25) is 0 Å². The Morgan fingerprint density at radius 3 is 2.19 bits per heavy atom. The molecule has 1 amide bonds. The third-order valence-corrected chi connectivity index (χ3v) is 5.43. The first-order valence-corrected chi connectivity index (χ1v) is 10.0. The Balaban J connectivity index is 1.51. The number of amides is 1. The number of fused-ring (bicyclic) bond motifs is 3. The predicted molar refractivity (Wildman–Crippen MR) is 116 cm³/mol. The molecule has 0 bridgehead atoms. The molecule has 0 atom stereocenters. The van der Waals surface area contributed by atoms with E-state index < -0.39 is 18.6 Å². The SMILES string of the molecule is COc1cccc(CN(CC(=O)O)C(=O)OCC2c3ccccc3-c3ccccc32)c1. The standard InChI is InChI=1S/C25H23NO5/c1-30-18-8-6-7-17(13-18)14-26(15-24(27)28)25(29)31-16-23-21-11-4-2-9-19(21)20-10-3-5-12-22(20)23/h2-13,23H,14-16H2,1H3,(H,27,28). The lowest BCUT2D eigenvalue weighted by Crippen LogP contribution is -2.36. The van der Waals surface area contributed by atoms with E-state index in [1.165, 1.54) is 4.90 Å². The van der Waals surface area contributed by atoms with Crippen LogP contribution in [0.1, 0.15) is 22.6 Å². The molecule has 6 heteroatoms. The number of methoxy groups -OCH3 is 1. The van der Waals surface area contributed by atoms with E-state index in [4.69, 9.17) is 9.47 Å². The van der Waals surface area contributed by atoms with Gasteiger partial charge >= 0.3 is 12.1 Å². The van der Waals surface area contributed by atoms with Crippen LogP contribution in [0.15, 0.2) is 72.8 Å². The number of hydrogen-bond donors (Lipinski definition) is 1. The number of carboxylic acid groups (broad SMARTS) is 1. The first-order valence-electron chi connectivity index (χ1n) is 10.0. The summed E-state index contributed by atoms with van der Waals surface area (Å²) in [5, 5.41) is 9.28. The number of carbonyl (C=O) groups is 2. The molecule has 3 aromatic carbocycles. The number of ether oxygens (including phenoxy) is 2. The molecule has 4 rings (SSSR count). The summed E-state index contributed by atoms with van der Waals surface area (Å²) in [5.74, 6) is -0.545. The van der Waals surface area contributed by atoms with Crippen LogP contribution in [-0.2, 0) is 16.1 Å². The molecule has 0 fully saturated rings. The Hall–Kier alpha value is -3.80. The van der Waals surface area contributed by atoms with Crippen molar-refractivity contribution in [3.05, 3.63) is 89.5 Å². The zero-order chi connectivity index (χ0) is 21.8. The highest BCUT2D eigenvalue weighted by atomic mass is 16.6. The number of carboxylic acids is 1. The lowest BCUT2D eigenvalue weighted by atomic mass is 9.98. The van der Waals surface area contributed by atoms with Crippen LogP contribution in [0.4, 0.5) is 4.79 Å². The normalized spacial score (nSPS) is 12.0. The van der Waals surface area contributed by atoms with Crippen molar-refractivity contribution in [3.8, 4) is 16.9 Å². The molecule has 3 aromatic rings. The molecule has 0 saturated heterocycles. The van der Waals surface area contributed by atoms with Crippen molar-refractivity contribution < 1.29 is 24.2 Å². The highest BCUT2D eigenvalue weighted by Gasteiger charge is 2.30. The highest BCUT2D eigenvalue weighted by molar-refractivity contribution is 5.79. The molecule has 0 radical (unpaired) electrons. The molecule has 0 unspecified atom stereocenters. The second-order valence-corrected chi connectivity index (χ2v) is 7.41. The van der Waals surface area contributed by atoms with Crippen molar-refractivity contribution >= 4 is 12.1 Å². The van der Waals surface area contributed by atoms with Gasteiger partial charge in [0.05, 0.1) is 7.11 Å². The topological polar surface area (TPSA) is 76.1 Å². The maximum atomic E-state index is 12.8. The Morgan fingerprint density at radius 1 is 0.935 bits per heavy atom. The van der Waals surface area contributed by atoms with Crippen molar-refractivity contribution in [2.24, 2.45) is 0 Å². The van der Waals surface area contributed by atoms with Gasteiger partial charge in [0.2, 0.25) is 0 Å². The number of hydrogen-bond acceptors (Lipinski definition) is 4. The maximum absolute atomic E-state index is 12.8. The van der Waals surface area contributed by atoms with Gasteiger partial charge < -0.3 is 14.6 Å². The van der Waals surface area contributed by atoms with E-state index in [2.05, 4.69) is 12.1 Å². The summed E-state index contributed by atoms with van der Waals surface area (Å²) in [7, 11) is 1.56. The van der Waals surface area contributed by atoms with Crippen molar-refractivity contribution in [2.75, 3.05) is 20.3 Å². The highest BCUT2D eigenvalue weighted by Crippen LogP contribution is 2.44. The summed E-state index contributed by atoms with van der Waals surface area (Å²) in [6, 6.07) is 23.3. The van der Waals surface area contributed by atoms with Crippen molar-refractivity contribution in [2.45, 2.75) is 12.5 Å². The van der Waals surface area contributed by atoms with Gasteiger partial charge in [-0.05, 0) is 39.9 Å². The van der Waals surface area contributed by atoms with Crippen LogP contribution in [-0.4, -0.2) is 42.3 Å². The molecule has 0 aromatic heterocycles. The minimum atomic E-state index is -1.10. The largest absolute Gasteiger partial charge is 0.497 e. The van der Waals surface area contributed by atoms with Crippen LogP contribution in [0.3, 0.4) is 0 Å². The molecule has 0 saturated carbocycles. The average Bonchev–Trinajstić information content (AvgIpc) is 3.10. The van der Waals surface area contributed by atoms with E-state index >= 15 is 0 Å². The van der Waals surface area contributed by atoms with Crippen molar-refractivity contribution in [1.82, 2.24) is 4.90 Å². The lowest BCUT2D eigenvalue weighted by molar-refractivity contribution is -0.138. The fourth-order valence-electron chi connectivity index (χ4n) is 4.02. The summed E-state index contributed by atoms with van der Waals surface area (Å²) in [6.07, 6.45) is -0.660. The molecule has 0 spiro atoms. The summed E-state index contributed by atoms with van der Waals surface area (Å²) in [6.45, 7) is -0.199. The molecule has 6 nitrogen and oxygen atoms in total. The molecule has 31 heavy (non-hydrogen) atoms. The van der Waals surface area contributed by atoms with E-state index in [9.17, 15) is 14.7 Å².